The second-order valence-corrected chi connectivity index (χ2v) is 7.19. The number of rotatable bonds is 6. The van der Waals surface area contributed by atoms with Crippen LogP contribution in [0.3, 0.4) is 0 Å². The average molecular weight is 394 g/mol. The third-order valence-electron chi connectivity index (χ3n) is 5.11. The largest absolute Gasteiger partial charge is 0.383 e. The summed E-state index contributed by atoms with van der Waals surface area (Å²) in [6.45, 7) is 8.04. The molecule has 0 atom stereocenters. The molecule has 2 N–H and O–H groups in total. The van der Waals surface area contributed by atoms with Crippen LogP contribution in [0.5, 0.6) is 0 Å². The summed E-state index contributed by atoms with van der Waals surface area (Å²) < 4.78 is 10.7. The van der Waals surface area contributed by atoms with Gasteiger partial charge in [-0.3, -0.25) is 4.79 Å². The zero-order chi connectivity index (χ0) is 20.2. The van der Waals surface area contributed by atoms with E-state index in [0.29, 0.717) is 11.1 Å². The predicted octanol–water partition coefficient (Wildman–Crippen LogP) is 4.05. The van der Waals surface area contributed by atoms with Gasteiger partial charge >= 0.3 is 0 Å². The number of nitrogens with one attached hydrogen (secondary N) is 2. The van der Waals surface area contributed by atoms with Gasteiger partial charge in [-0.05, 0) is 49.7 Å². The second-order valence-electron chi connectivity index (χ2n) is 7.19. The number of anilines is 3. The van der Waals surface area contributed by atoms with E-state index >= 15 is 0 Å². The van der Waals surface area contributed by atoms with Gasteiger partial charge in [-0.1, -0.05) is 12.1 Å². The first-order valence-corrected chi connectivity index (χ1v) is 10.0. The van der Waals surface area contributed by atoms with Crippen LogP contribution in [-0.4, -0.2) is 43.9 Å². The Kier molecular flexibility index (Phi) is 5.67. The minimum Gasteiger partial charge on any atom is -0.383 e. The molecule has 4 rings (SSSR count). The summed E-state index contributed by atoms with van der Waals surface area (Å²) in [4.78, 5) is 15.2. The highest BCUT2D eigenvalue weighted by atomic mass is 16.5. The maximum Gasteiger partial charge on any atom is 0.255 e. The van der Waals surface area contributed by atoms with Crippen molar-refractivity contribution in [2.45, 2.75) is 20.3 Å². The molecule has 3 aromatic rings. The lowest BCUT2D eigenvalue weighted by Crippen LogP contribution is -2.36. The van der Waals surface area contributed by atoms with Crippen LogP contribution in [-0.2, 0) is 4.74 Å². The minimum atomic E-state index is -0.161. The van der Waals surface area contributed by atoms with E-state index in [2.05, 4.69) is 33.7 Å². The molecule has 1 aliphatic heterocycles. The molecule has 1 amide bonds. The molecule has 1 aromatic heterocycles. The third kappa shape index (κ3) is 4.19. The molecular formula is C22H26N4O3. The zero-order valence-corrected chi connectivity index (χ0v) is 16.8. The van der Waals surface area contributed by atoms with Gasteiger partial charge in [0.05, 0.1) is 30.3 Å². The quantitative estimate of drug-likeness (QED) is 0.657. The molecule has 1 saturated heterocycles. The number of amides is 1. The van der Waals surface area contributed by atoms with Gasteiger partial charge < -0.3 is 24.8 Å². The first-order valence-electron chi connectivity index (χ1n) is 10.0. The maximum absolute atomic E-state index is 12.9. The Balaban J connectivity index is 1.58. The topological polar surface area (TPSA) is 79.6 Å². The Bertz CT molecular complexity index is 1010. The van der Waals surface area contributed by atoms with Crippen molar-refractivity contribution >= 4 is 33.9 Å². The van der Waals surface area contributed by atoms with E-state index in [-0.39, 0.29) is 5.91 Å². The maximum atomic E-state index is 12.9. The Hall–Kier alpha value is -3.06. The molecule has 7 heteroatoms. The van der Waals surface area contributed by atoms with Crippen LogP contribution in [0.4, 0.5) is 17.1 Å². The van der Waals surface area contributed by atoms with Crippen molar-refractivity contribution in [2.75, 3.05) is 48.4 Å². The number of morpholine rings is 1. The van der Waals surface area contributed by atoms with Gasteiger partial charge in [0.1, 0.15) is 0 Å². The van der Waals surface area contributed by atoms with E-state index in [1.165, 1.54) is 0 Å². The van der Waals surface area contributed by atoms with Crippen LogP contribution in [0.1, 0.15) is 29.4 Å². The normalized spacial score (nSPS) is 14.2. The number of aromatic nitrogens is 1. The van der Waals surface area contributed by atoms with Gasteiger partial charge in [0.15, 0.2) is 5.58 Å². The standard InChI is InChI=1S/C22H26N4O3/c1-3-8-23-20-14-17(26-9-11-28-12-10-26)5-6-19(20)24-22(27)16-4-7-21-18(13-16)15(2)25-29-21/h4-7,13-14,23H,3,8-12H2,1-2H3,(H,24,27). The van der Waals surface area contributed by atoms with Crippen LogP contribution in [0.25, 0.3) is 11.0 Å². The average Bonchev–Trinajstić information content (AvgIpc) is 3.13. The summed E-state index contributed by atoms with van der Waals surface area (Å²) >= 11 is 0. The van der Waals surface area contributed by atoms with Crippen molar-refractivity contribution in [2.24, 2.45) is 0 Å². The summed E-state index contributed by atoms with van der Waals surface area (Å²) in [5.41, 5.74) is 4.84. The molecule has 1 fully saturated rings. The number of fused-ring (bicyclic) bond motifs is 1. The molecule has 0 unspecified atom stereocenters. The number of carbonyl (C=O) groups excluding carboxylic acids is 1. The zero-order valence-electron chi connectivity index (χ0n) is 16.8. The van der Waals surface area contributed by atoms with E-state index in [9.17, 15) is 4.79 Å². The number of nitrogens with zero attached hydrogens (tertiary/aromatic N) is 2. The van der Waals surface area contributed by atoms with Crippen molar-refractivity contribution < 1.29 is 14.1 Å². The lowest BCUT2D eigenvalue weighted by atomic mass is 10.1. The van der Waals surface area contributed by atoms with Crippen molar-refractivity contribution in [3.8, 4) is 0 Å². The summed E-state index contributed by atoms with van der Waals surface area (Å²) in [6.07, 6.45) is 0.999. The van der Waals surface area contributed by atoms with Crippen LogP contribution in [0, 0.1) is 6.92 Å². The van der Waals surface area contributed by atoms with E-state index in [1.807, 2.05) is 25.1 Å². The molecule has 152 valence electrons. The monoisotopic (exact) mass is 394 g/mol. The molecule has 2 heterocycles. The summed E-state index contributed by atoms with van der Waals surface area (Å²) in [5.74, 6) is -0.161. The summed E-state index contributed by atoms with van der Waals surface area (Å²) in [6, 6.07) is 11.5. The number of ether oxygens (including phenoxy) is 1. The number of hydrogen-bond donors (Lipinski definition) is 2. The summed E-state index contributed by atoms with van der Waals surface area (Å²) in [7, 11) is 0. The van der Waals surface area contributed by atoms with E-state index in [4.69, 9.17) is 9.26 Å². The fraction of sp³-hybridized carbons (Fsp3) is 0.364. The first-order chi connectivity index (χ1) is 14.2. The van der Waals surface area contributed by atoms with Gasteiger partial charge in [-0.15, -0.1) is 0 Å². The Morgan fingerprint density at radius 3 is 2.76 bits per heavy atom. The van der Waals surface area contributed by atoms with Crippen molar-refractivity contribution in [1.82, 2.24) is 5.16 Å². The molecule has 0 bridgehead atoms. The molecule has 2 aromatic carbocycles. The number of aryl methyl sites for hydroxylation is 1. The highest BCUT2D eigenvalue weighted by molar-refractivity contribution is 6.07. The summed E-state index contributed by atoms with van der Waals surface area (Å²) in [5, 5.41) is 11.3. The second kappa shape index (κ2) is 8.53. The Morgan fingerprint density at radius 1 is 1.14 bits per heavy atom. The molecular weight excluding hydrogens is 368 g/mol. The fourth-order valence-corrected chi connectivity index (χ4v) is 3.46. The van der Waals surface area contributed by atoms with Crippen LogP contribution < -0.4 is 15.5 Å². The first kappa shape index (κ1) is 19.3. The van der Waals surface area contributed by atoms with Gasteiger partial charge in [0.25, 0.3) is 5.91 Å². The van der Waals surface area contributed by atoms with E-state index in [1.54, 1.807) is 12.1 Å². The highest BCUT2D eigenvalue weighted by Crippen LogP contribution is 2.29. The van der Waals surface area contributed by atoms with Gasteiger partial charge in [0.2, 0.25) is 0 Å². The van der Waals surface area contributed by atoms with Crippen molar-refractivity contribution in [3.63, 3.8) is 0 Å². The van der Waals surface area contributed by atoms with Crippen LogP contribution in [0.15, 0.2) is 40.9 Å². The molecule has 0 aliphatic carbocycles. The smallest absolute Gasteiger partial charge is 0.255 e. The Labute approximate surface area is 170 Å². The number of carbonyl (C=O) groups is 1. The van der Waals surface area contributed by atoms with Crippen LogP contribution >= 0.6 is 0 Å². The fourth-order valence-electron chi connectivity index (χ4n) is 3.46. The Morgan fingerprint density at radius 2 is 1.97 bits per heavy atom. The lowest BCUT2D eigenvalue weighted by Gasteiger charge is -2.29. The van der Waals surface area contributed by atoms with Crippen LogP contribution in [0.2, 0.25) is 0 Å². The van der Waals surface area contributed by atoms with Gasteiger partial charge in [0, 0.05) is 36.3 Å². The SMILES string of the molecule is CCCNc1cc(N2CCOCC2)ccc1NC(=O)c1ccc2onc(C)c2c1. The molecule has 0 saturated carbocycles. The third-order valence-corrected chi connectivity index (χ3v) is 5.11. The molecule has 29 heavy (non-hydrogen) atoms. The van der Waals surface area contributed by atoms with Crippen molar-refractivity contribution in [3.05, 3.63) is 47.7 Å². The van der Waals surface area contributed by atoms with E-state index < -0.39 is 0 Å². The molecule has 0 spiro atoms. The van der Waals surface area contributed by atoms with E-state index in [0.717, 1.165) is 67.4 Å². The van der Waals surface area contributed by atoms with Gasteiger partial charge in [-0.25, -0.2) is 0 Å². The molecule has 0 radical (unpaired) electrons. The van der Waals surface area contributed by atoms with Gasteiger partial charge in [-0.2, -0.15) is 0 Å². The molecule has 7 nitrogen and oxygen atoms in total. The predicted molar refractivity (Wildman–Crippen MR) is 115 cm³/mol. The van der Waals surface area contributed by atoms with Crippen molar-refractivity contribution in [1.29, 1.82) is 0 Å². The number of hydrogen-bond acceptors (Lipinski definition) is 6. The molecule has 1 aliphatic rings. The highest BCUT2D eigenvalue weighted by Gasteiger charge is 2.16. The lowest BCUT2D eigenvalue weighted by molar-refractivity contribution is 0.102. The minimum absolute atomic E-state index is 0.161. The number of benzene rings is 2.